The number of halogens is 2. The maximum Gasteiger partial charge on any atom is 0.277 e. The summed E-state index contributed by atoms with van der Waals surface area (Å²) in [6, 6.07) is 22.2. The van der Waals surface area contributed by atoms with Crippen LogP contribution in [-0.4, -0.2) is 37.2 Å². The molecule has 0 unspecified atom stereocenters. The van der Waals surface area contributed by atoms with Crippen LogP contribution < -0.4 is 5.56 Å². The lowest BCUT2D eigenvalue weighted by Gasteiger charge is -2.18. The van der Waals surface area contributed by atoms with Crippen LogP contribution in [0.4, 0.5) is 4.39 Å². The van der Waals surface area contributed by atoms with Crippen LogP contribution in [-0.2, 0) is 37.1 Å². The fraction of sp³-hybridized carbons (Fsp3) is 0.235. The third-order valence-electron chi connectivity index (χ3n) is 7.23. The zero-order valence-corrected chi connectivity index (χ0v) is 26.2. The standard InChI is InChI=1S/C34H33ClFN5O2S/c1-39(20-24-5-9-27(10-6-24)28-11-13-30(35)14-12-28)32(42)4-3-17-41-22-29(18-26-19-37-40(2)21-26)33(43)38-34(41)44-23-25-7-15-31(36)16-8-25/h5-16,19,21-22H,3-4,17-18,20,23H2,1-2H3. The summed E-state index contributed by atoms with van der Waals surface area (Å²) in [5.41, 5.74) is 5.34. The second-order valence-electron chi connectivity index (χ2n) is 10.7. The molecule has 7 nitrogen and oxygen atoms in total. The summed E-state index contributed by atoms with van der Waals surface area (Å²) in [6.45, 7) is 1.03. The van der Waals surface area contributed by atoms with E-state index in [-0.39, 0.29) is 17.3 Å². The van der Waals surface area contributed by atoms with Crippen molar-refractivity contribution in [2.75, 3.05) is 7.05 Å². The quantitative estimate of drug-likeness (QED) is 0.113. The van der Waals surface area contributed by atoms with Gasteiger partial charge >= 0.3 is 0 Å². The van der Waals surface area contributed by atoms with Crippen molar-refractivity contribution in [3.05, 3.63) is 135 Å². The molecule has 0 saturated carbocycles. The first-order valence-corrected chi connectivity index (χ1v) is 15.6. The predicted molar refractivity (Wildman–Crippen MR) is 173 cm³/mol. The average Bonchev–Trinajstić information content (AvgIpc) is 3.43. The van der Waals surface area contributed by atoms with Gasteiger partial charge in [0.15, 0.2) is 5.16 Å². The van der Waals surface area contributed by atoms with E-state index in [2.05, 4.69) is 22.2 Å². The summed E-state index contributed by atoms with van der Waals surface area (Å²) < 4.78 is 17.0. The molecule has 0 bridgehead atoms. The van der Waals surface area contributed by atoms with Gasteiger partial charge < -0.3 is 9.47 Å². The van der Waals surface area contributed by atoms with E-state index >= 15 is 0 Å². The molecule has 0 fully saturated rings. The zero-order chi connectivity index (χ0) is 31.1. The Morgan fingerprint density at radius 2 is 1.59 bits per heavy atom. The molecule has 10 heteroatoms. The highest BCUT2D eigenvalue weighted by molar-refractivity contribution is 7.98. The molecule has 5 rings (SSSR count). The number of aromatic nitrogens is 4. The number of carbonyl (C=O) groups excluding carboxylic acids is 1. The molecular formula is C34H33ClFN5O2S. The van der Waals surface area contributed by atoms with Crippen LogP contribution in [0.5, 0.6) is 0 Å². The molecule has 0 radical (unpaired) electrons. The number of thioether (sulfide) groups is 1. The fourth-order valence-electron chi connectivity index (χ4n) is 4.83. The molecule has 2 aromatic heterocycles. The molecule has 1 amide bonds. The topological polar surface area (TPSA) is 73.0 Å². The molecule has 0 saturated heterocycles. The van der Waals surface area contributed by atoms with Crippen LogP contribution in [0.25, 0.3) is 11.1 Å². The predicted octanol–water partition coefficient (Wildman–Crippen LogP) is 6.76. The maximum absolute atomic E-state index is 13.4. The highest BCUT2D eigenvalue weighted by atomic mass is 35.5. The van der Waals surface area contributed by atoms with E-state index < -0.39 is 0 Å². The lowest BCUT2D eigenvalue weighted by atomic mass is 10.0. The van der Waals surface area contributed by atoms with Crippen LogP contribution in [0.2, 0.25) is 5.02 Å². The van der Waals surface area contributed by atoms with E-state index in [4.69, 9.17) is 11.6 Å². The third kappa shape index (κ3) is 8.45. The second kappa shape index (κ2) is 14.5. The minimum absolute atomic E-state index is 0.0388. The Morgan fingerprint density at radius 3 is 2.25 bits per heavy atom. The normalized spacial score (nSPS) is 11.1. The van der Waals surface area contributed by atoms with E-state index in [9.17, 15) is 14.0 Å². The number of hydrogen-bond acceptors (Lipinski definition) is 5. The number of amides is 1. The van der Waals surface area contributed by atoms with Gasteiger partial charge in [-0.15, -0.1) is 0 Å². The highest BCUT2D eigenvalue weighted by Gasteiger charge is 2.14. The van der Waals surface area contributed by atoms with Gasteiger partial charge in [0.25, 0.3) is 5.56 Å². The Kier molecular flexibility index (Phi) is 10.3. The number of rotatable bonds is 12. The van der Waals surface area contributed by atoms with Crippen LogP contribution in [0.3, 0.4) is 0 Å². The summed E-state index contributed by atoms with van der Waals surface area (Å²) in [5.74, 6) is 0.280. The second-order valence-corrected chi connectivity index (χ2v) is 12.1. The van der Waals surface area contributed by atoms with Gasteiger partial charge in [-0.2, -0.15) is 10.1 Å². The number of aryl methyl sites for hydroxylation is 2. The average molecular weight is 630 g/mol. The highest BCUT2D eigenvalue weighted by Crippen LogP contribution is 2.23. The molecule has 44 heavy (non-hydrogen) atoms. The van der Waals surface area contributed by atoms with Crippen molar-refractivity contribution in [1.29, 1.82) is 0 Å². The molecule has 0 aliphatic rings. The summed E-state index contributed by atoms with van der Waals surface area (Å²) in [7, 11) is 3.64. The minimum Gasteiger partial charge on any atom is -0.341 e. The molecule has 0 atom stereocenters. The molecule has 0 aliphatic carbocycles. The lowest BCUT2D eigenvalue weighted by Crippen LogP contribution is -2.26. The molecule has 3 aromatic carbocycles. The van der Waals surface area contributed by atoms with Crippen LogP contribution in [0, 0.1) is 5.82 Å². The lowest BCUT2D eigenvalue weighted by molar-refractivity contribution is -0.130. The van der Waals surface area contributed by atoms with Gasteiger partial charge in [0.2, 0.25) is 5.91 Å². The molecule has 2 heterocycles. The summed E-state index contributed by atoms with van der Waals surface area (Å²) in [5, 5.41) is 5.47. The molecule has 0 N–H and O–H groups in total. The van der Waals surface area contributed by atoms with E-state index in [0.29, 0.717) is 53.8 Å². The zero-order valence-electron chi connectivity index (χ0n) is 24.6. The van der Waals surface area contributed by atoms with Crippen LogP contribution in [0.15, 0.2) is 101 Å². The maximum atomic E-state index is 13.4. The number of nitrogens with zero attached hydrogens (tertiary/aromatic N) is 5. The smallest absolute Gasteiger partial charge is 0.277 e. The van der Waals surface area contributed by atoms with Gasteiger partial charge in [0.05, 0.1) is 6.20 Å². The minimum atomic E-state index is -0.293. The Bertz CT molecular complexity index is 1770. The van der Waals surface area contributed by atoms with Gasteiger partial charge in [0, 0.05) is 68.8 Å². The van der Waals surface area contributed by atoms with Crippen molar-refractivity contribution < 1.29 is 9.18 Å². The number of benzene rings is 3. The first-order chi connectivity index (χ1) is 21.2. The van der Waals surface area contributed by atoms with Crippen molar-refractivity contribution in [3.63, 3.8) is 0 Å². The van der Waals surface area contributed by atoms with Crippen LogP contribution >= 0.6 is 23.4 Å². The monoisotopic (exact) mass is 629 g/mol. The van der Waals surface area contributed by atoms with Gasteiger partial charge in [-0.25, -0.2) is 4.39 Å². The van der Waals surface area contributed by atoms with Crippen molar-refractivity contribution in [3.8, 4) is 11.1 Å². The molecule has 226 valence electrons. The Morgan fingerprint density at radius 1 is 0.932 bits per heavy atom. The van der Waals surface area contributed by atoms with Crippen molar-refractivity contribution in [2.24, 2.45) is 7.05 Å². The van der Waals surface area contributed by atoms with E-state index in [0.717, 1.165) is 27.8 Å². The molecule has 0 spiro atoms. The van der Waals surface area contributed by atoms with Crippen molar-refractivity contribution in [1.82, 2.24) is 24.2 Å². The summed E-state index contributed by atoms with van der Waals surface area (Å²) in [4.78, 5) is 32.1. The van der Waals surface area contributed by atoms with E-state index in [1.807, 2.05) is 67.5 Å². The fourth-order valence-corrected chi connectivity index (χ4v) is 5.90. The van der Waals surface area contributed by atoms with Crippen LogP contribution in [0.1, 0.15) is 35.1 Å². The molecule has 0 aliphatic heterocycles. The van der Waals surface area contributed by atoms with E-state index in [1.165, 1.54) is 23.9 Å². The Balaban J connectivity index is 1.22. The Hall–Kier alpha value is -4.21. The first-order valence-electron chi connectivity index (χ1n) is 14.3. The van der Waals surface area contributed by atoms with Gasteiger partial charge in [-0.05, 0) is 58.5 Å². The number of hydrogen-bond donors (Lipinski definition) is 0. The molecule has 5 aromatic rings. The van der Waals surface area contributed by atoms with Gasteiger partial charge in [0.1, 0.15) is 5.82 Å². The largest absolute Gasteiger partial charge is 0.341 e. The third-order valence-corrected chi connectivity index (χ3v) is 8.54. The van der Waals surface area contributed by atoms with E-state index in [1.54, 1.807) is 27.9 Å². The van der Waals surface area contributed by atoms with Gasteiger partial charge in [-0.3, -0.25) is 14.3 Å². The van der Waals surface area contributed by atoms with Crippen molar-refractivity contribution >= 4 is 29.3 Å². The molecular weight excluding hydrogens is 597 g/mol. The van der Waals surface area contributed by atoms with Gasteiger partial charge in [-0.1, -0.05) is 71.9 Å². The SMILES string of the molecule is CN(Cc1ccc(-c2ccc(Cl)cc2)cc1)C(=O)CCCn1cc(Cc2cnn(C)c2)c(=O)nc1SCc1ccc(F)cc1. The Labute approximate surface area is 265 Å². The first kappa shape index (κ1) is 31.2. The summed E-state index contributed by atoms with van der Waals surface area (Å²) >= 11 is 7.42. The number of carbonyl (C=O) groups is 1. The summed E-state index contributed by atoms with van der Waals surface area (Å²) in [6.07, 6.45) is 6.80. The van der Waals surface area contributed by atoms with Crippen molar-refractivity contribution in [2.45, 2.75) is 43.3 Å².